The van der Waals surface area contributed by atoms with Gasteiger partial charge in [0.25, 0.3) is 5.95 Å². The Kier molecular flexibility index (Phi) is 12.2. The molecule has 0 atom stereocenters. The van der Waals surface area contributed by atoms with Crippen molar-refractivity contribution in [2.24, 2.45) is 0 Å². The molecule has 0 saturated carbocycles. The molecule has 0 aliphatic heterocycles. The number of hydrogen-bond donors (Lipinski definition) is 0. The Morgan fingerprint density at radius 1 is 0.276 bits per heavy atom. The number of imidazole rings is 9. The maximum absolute atomic E-state index is 8.80. The Labute approximate surface area is 721 Å². The number of rotatable bonds is 7. The van der Waals surface area contributed by atoms with Crippen molar-refractivity contribution in [1.82, 2.24) is 101 Å². The second kappa shape index (κ2) is 25.8. The summed E-state index contributed by atoms with van der Waals surface area (Å²) in [6.07, 6.45) is 0. The fourth-order valence-electron chi connectivity index (χ4n) is 17.6. The summed E-state index contributed by atoms with van der Waals surface area (Å²) in [7, 11) is 0. The third-order valence-corrected chi connectivity index (χ3v) is 26.3. The highest BCUT2D eigenvalue weighted by Gasteiger charge is 2.29. The number of fused-ring (bicyclic) bond motifs is 30. The van der Waals surface area contributed by atoms with Gasteiger partial charge in [0.05, 0.1) is 152 Å². The molecule has 27 heteroatoms. The van der Waals surface area contributed by atoms with Gasteiger partial charge in [0.1, 0.15) is 0 Å². The molecule has 0 fully saturated rings. The third-order valence-electron chi connectivity index (χ3n) is 23.0. The van der Waals surface area contributed by atoms with Crippen LogP contribution in [0, 0.1) is 41.3 Å². The predicted octanol–water partition coefficient (Wildman–Crippen LogP) is 23.0. The van der Waals surface area contributed by atoms with Gasteiger partial charge in [-0.1, -0.05) is 167 Å². The molecule has 15 heterocycles. The average Bonchev–Trinajstić information content (AvgIpc) is 1.54. The summed E-state index contributed by atoms with van der Waals surface area (Å²) in [5.74, 6) is 3.07. The molecule has 0 spiro atoms. The molecule has 28 rings (SSSR count). The van der Waals surface area contributed by atoms with Gasteiger partial charge in [-0.05, 0) is 207 Å². The van der Waals surface area contributed by atoms with E-state index in [0.29, 0.717) is 101 Å². The van der Waals surface area contributed by atoms with Gasteiger partial charge in [0, 0.05) is 22.0 Å². The molecule has 0 N–H and O–H groups in total. The van der Waals surface area contributed by atoms with E-state index in [1.165, 1.54) is 16.9 Å². The Bertz CT molecular complexity index is 9890. The molecular formula is C96H61N21O3S3. The van der Waals surface area contributed by atoms with Gasteiger partial charge in [-0.25, -0.2) is 39.0 Å². The number of nitrogens with zero attached hydrogens (tertiary/aromatic N) is 21. The molecule has 0 bridgehead atoms. The highest BCUT2D eigenvalue weighted by Crippen LogP contribution is 2.44. The first-order chi connectivity index (χ1) is 65.3. The lowest BCUT2D eigenvalue weighted by atomic mass is 10.1. The number of aromatic nitrogens is 21. The topological polar surface area (TPSA) is 235 Å². The summed E-state index contributed by atoms with van der Waals surface area (Å²) in [4.78, 5) is 36.8. The first-order valence-corrected chi connectivity index (χ1v) is 41.6. The van der Waals surface area contributed by atoms with Crippen molar-refractivity contribution in [2.75, 3.05) is 0 Å². The fraction of sp³-hybridized carbons (Fsp3) is 0.0625. The van der Waals surface area contributed by atoms with Crippen LogP contribution in [0.2, 0.25) is 0 Å². The van der Waals surface area contributed by atoms with Crippen molar-refractivity contribution in [3.05, 3.63) is 294 Å². The monoisotopic (exact) mass is 1660 g/mol. The zero-order chi connectivity index (χ0) is 91.5. The quantitative estimate of drug-likeness (QED) is 0.144. The highest BCUT2D eigenvalue weighted by atomic mass is 32.1. The first-order valence-electron chi connectivity index (χ1n) is 45.1. The molecule has 0 radical (unpaired) electrons. The summed E-state index contributed by atoms with van der Waals surface area (Å²) in [6, 6.07) is 82.0. The number of benzene rings is 13. The minimum atomic E-state index is -2.63. The van der Waals surface area contributed by atoms with E-state index in [2.05, 4.69) is 96.7 Å². The lowest BCUT2D eigenvalue weighted by Gasteiger charge is -2.08. The van der Waals surface area contributed by atoms with Crippen LogP contribution in [-0.2, 0) is 0 Å². The molecule has 0 saturated heterocycles. The van der Waals surface area contributed by atoms with Crippen molar-refractivity contribution in [3.63, 3.8) is 0 Å². The summed E-state index contributed by atoms with van der Waals surface area (Å²) < 4.78 is 138. The zero-order valence-corrected chi connectivity index (χ0v) is 66.6. The largest absolute Gasteiger partial charge is 0.416 e. The van der Waals surface area contributed by atoms with Gasteiger partial charge >= 0.3 is 6.01 Å². The molecule has 13 aromatic carbocycles. The van der Waals surface area contributed by atoms with Crippen molar-refractivity contribution in [1.29, 1.82) is 0 Å². The molecule has 15 aromatic heterocycles. The molecule has 0 unspecified atom stereocenters. The van der Waals surface area contributed by atoms with E-state index in [-0.39, 0.29) is 39.7 Å². The van der Waals surface area contributed by atoms with Gasteiger partial charge in [0.15, 0.2) is 14.9 Å². The van der Waals surface area contributed by atoms with Crippen LogP contribution in [0.25, 0.3) is 226 Å². The molecule has 123 heavy (non-hydrogen) atoms. The standard InChI is InChI=1S/C44H29N11O.C30H18N6OS2.C22H14N4OS/c1-24-12-10-20-34-37(24)45-41-50(28-14-4-5-15-29(28)51(34)41)27-22-26(3)39-36(23-27)53-30-16-6-8-18-32(30)54(42(53)47-39)40-48-44(56-49-40)55-33-19-9-7-17-31(33)52-35-21-11-13-25(2)38(35)46-43(52)55;1-15-7-3-11-19-23(15)31-29-35(19)21-13-5-9-17(25(21)38-29)27-33-34-28(37-27)18-10-6-14-22-26(18)39-30-32-24-16(2)8-4-12-20(24)36(22)30;1-13-7-5-11-16-18(13)23-22-26(16)17-12-6-10-15(19(17)28-22)21-25-24-20(27-21)14-8-3-2-4-9-14/h4-23H,1-3H3;3-14H,1-2H3;2-12H,1H3/i1D3,2D3,3D3;1D3;. The van der Waals surface area contributed by atoms with E-state index >= 15 is 0 Å². The number of para-hydroxylation sites is 11. The fourth-order valence-corrected chi connectivity index (χ4v) is 21.0. The van der Waals surface area contributed by atoms with Crippen LogP contribution in [0.4, 0.5) is 0 Å². The highest BCUT2D eigenvalue weighted by molar-refractivity contribution is 7.25. The summed E-state index contributed by atoms with van der Waals surface area (Å²) >= 11 is 4.73. The third kappa shape index (κ3) is 9.95. The Balaban J connectivity index is 0.000000115. The molecular weight excluding hydrogens is 1590 g/mol. The summed E-state index contributed by atoms with van der Waals surface area (Å²) in [5.41, 5.74) is 22.1. The van der Waals surface area contributed by atoms with Gasteiger partial charge < -0.3 is 13.4 Å². The molecule has 24 nitrogen and oxygen atoms in total. The van der Waals surface area contributed by atoms with E-state index < -0.39 is 27.4 Å². The Hall–Kier alpha value is -15.8. The molecule has 0 amide bonds. The van der Waals surface area contributed by atoms with Crippen LogP contribution in [0.3, 0.4) is 0 Å². The smallest absolute Gasteiger partial charge is 0.337 e. The maximum Gasteiger partial charge on any atom is 0.337 e. The van der Waals surface area contributed by atoms with Gasteiger partial charge in [-0.2, -0.15) is 4.98 Å². The normalized spacial score (nSPS) is 14.2. The van der Waals surface area contributed by atoms with E-state index in [9.17, 15) is 0 Å². The van der Waals surface area contributed by atoms with Crippen LogP contribution >= 0.6 is 34.0 Å². The molecule has 0 aliphatic rings. The average molecular weight is 1660 g/mol. The minimum absolute atomic E-state index is 0.0163. The van der Waals surface area contributed by atoms with Crippen molar-refractivity contribution in [3.8, 4) is 63.5 Å². The van der Waals surface area contributed by atoms with E-state index in [1.54, 1.807) is 74.3 Å². The Morgan fingerprint density at radius 3 is 1.09 bits per heavy atom. The van der Waals surface area contributed by atoms with Gasteiger partial charge in [-0.15, -0.1) is 20.4 Å². The lowest BCUT2D eigenvalue weighted by Crippen LogP contribution is -1.99. The van der Waals surface area contributed by atoms with E-state index in [1.807, 2.05) is 192 Å². The second-order valence-corrected chi connectivity index (χ2v) is 32.9. The minimum Gasteiger partial charge on any atom is -0.416 e. The van der Waals surface area contributed by atoms with Crippen LogP contribution in [-0.4, -0.2) is 101 Å². The van der Waals surface area contributed by atoms with Crippen LogP contribution in [0.1, 0.15) is 49.8 Å². The molecule has 0 aliphatic carbocycles. The van der Waals surface area contributed by atoms with Crippen LogP contribution < -0.4 is 0 Å². The Morgan fingerprint density at radius 2 is 0.618 bits per heavy atom. The van der Waals surface area contributed by atoms with Crippen LogP contribution in [0.15, 0.2) is 274 Å². The van der Waals surface area contributed by atoms with Gasteiger partial charge in [-0.3, -0.25) is 31.0 Å². The van der Waals surface area contributed by atoms with Crippen molar-refractivity contribution in [2.45, 2.75) is 41.3 Å². The summed E-state index contributed by atoms with van der Waals surface area (Å²) in [6.45, 7) is -5.54. The van der Waals surface area contributed by atoms with Crippen molar-refractivity contribution >= 4 is 196 Å². The van der Waals surface area contributed by atoms with E-state index in [4.69, 9.17) is 64.7 Å². The van der Waals surface area contributed by atoms with Crippen LogP contribution in [0.5, 0.6) is 0 Å². The number of thiazole rings is 3. The second-order valence-electron chi connectivity index (χ2n) is 30.0. The van der Waals surface area contributed by atoms with E-state index in [0.717, 1.165) is 113 Å². The zero-order valence-electron chi connectivity index (χ0n) is 76.2. The predicted molar refractivity (Wildman–Crippen MR) is 487 cm³/mol. The number of aryl methyl sites for hydroxylation is 6. The van der Waals surface area contributed by atoms with Crippen molar-refractivity contribution < 1.29 is 29.8 Å². The summed E-state index contributed by atoms with van der Waals surface area (Å²) in [5, 5.41) is 21.9. The lowest BCUT2D eigenvalue weighted by molar-refractivity contribution is 0.404. The first kappa shape index (κ1) is 58.1. The maximum atomic E-state index is 8.80. The SMILES string of the molecule is Cc1cccc2c1nc1sc3c(-c4nnc(-c5ccccc5)o4)cccc3n12.[2H]C([2H])([2H])c1cccc2c1nc1n(-c3cc(C([2H])([2H])[2H])c4nc5n(-c6noc(-n7c8ccccc8n8c9cccc(C([2H])([2H])[2H])c9nc78)n6)c6ccccc6n5c4c3)c3ccccc3n21.[2H]C([2H])([2H])c1cccc2c1nc1sc3c(-c4nnc(-c5cccc6c5sc5nc7c(C)cccc7n56)o4)cccc3n12. The number of hydrogen-bond acceptors (Lipinski definition) is 18. The van der Waals surface area contributed by atoms with Gasteiger partial charge in [0.2, 0.25) is 40.9 Å². The molecule has 586 valence electrons. The molecule has 28 aromatic rings.